The zero-order valence-corrected chi connectivity index (χ0v) is 15.4. The minimum Gasteiger partial charge on any atom is -0.497 e. The summed E-state index contributed by atoms with van der Waals surface area (Å²) in [6.07, 6.45) is 0.290. The average molecular weight is 371 g/mol. The predicted molar refractivity (Wildman–Crippen MR) is 107 cm³/mol. The van der Waals surface area contributed by atoms with Crippen LogP contribution in [-0.4, -0.2) is 27.6 Å². The zero-order chi connectivity index (χ0) is 19.7. The lowest BCUT2D eigenvalue weighted by Gasteiger charge is -2.12. The molecule has 1 amide bonds. The Morgan fingerprint density at radius 2 is 1.82 bits per heavy atom. The number of hydrogen-bond acceptors (Lipinski definition) is 5. The van der Waals surface area contributed by atoms with Crippen LogP contribution in [-0.2, 0) is 4.79 Å². The lowest BCUT2D eigenvalue weighted by atomic mass is 10.2. The maximum atomic E-state index is 12.1. The van der Waals surface area contributed by atoms with E-state index in [9.17, 15) is 10.1 Å². The number of methoxy groups -OCH3 is 1. The number of aromatic nitrogens is 3. The lowest BCUT2D eigenvalue weighted by Crippen LogP contribution is -2.14. The third kappa shape index (κ3) is 2.81. The van der Waals surface area contributed by atoms with Crippen molar-refractivity contribution in [2.75, 3.05) is 12.4 Å². The number of amides is 1. The van der Waals surface area contributed by atoms with Gasteiger partial charge in [-0.1, -0.05) is 19.1 Å². The van der Waals surface area contributed by atoms with Gasteiger partial charge < -0.3 is 10.1 Å². The van der Waals surface area contributed by atoms with E-state index in [-0.39, 0.29) is 17.9 Å². The van der Waals surface area contributed by atoms with Gasteiger partial charge in [-0.05, 0) is 36.4 Å². The highest BCUT2D eigenvalue weighted by Gasteiger charge is 2.23. The molecule has 0 aliphatic rings. The molecule has 2 aromatic heterocycles. The number of carbonyl (C=O) groups excluding carboxylic acids is 1. The second-order valence-corrected chi connectivity index (χ2v) is 6.16. The van der Waals surface area contributed by atoms with E-state index in [0.29, 0.717) is 33.8 Å². The molecule has 28 heavy (non-hydrogen) atoms. The SMILES string of the molecule is CCC(=O)Nc1c(C#N)c2nc3ccccc3nc2n1-c1ccc(OC)cc1. The van der Waals surface area contributed by atoms with Crippen molar-refractivity contribution in [3.63, 3.8) is 0 Å². The largest absolute Gasteiger partial charge is 0.497 e. The summed E-state index contributed by atoms with van der Waals surface area (Å²) in [7, 11) is 1.60. The first-order valence-electron chi connectivity index (χ1n) is 8.81. The number of hydrogen-bond donors (Lipinski definition) is 1. The number of nitrogens with zero attached hydrogens (tertiary/aromatic N) is 4. The van der Waals surface area contributed by atoms with Gasteiger partial charge >= 0.3 is 0 Å². The summed E-state index contributed by atoms with van der Waals surface area (Å²) in [6.45, 7) is 1.76. The highest BCUT2D eigenvalue weighted by Crippen LogP contribution is 2.33. The van der Waals surface area contributed by atoms with Crippen LogP contribution in [0, 0.1) is 11.3 Å². The molecule has 2 heterocycles. The molecule has 2 aromatic carbocycles. The summed E-state index contributed by atoms with van der Waals surface area (Å²) in [4.78, 5) is 21.5. The van der Waals surface area contributed by atoms with Crippen LogP contribution in [0.3, 0.4) is 0 Å². The van der Waals surface area contributed by atoms with Crippen LogP contribution in [0.25, 0.3) is 27.9 Å². The molecule has 0 saturated heterocycles. The quantitative estimate of drug-likeness (QED) is 0.589. The van der Waals surface area contributed by atoms with Crippen LogP contribution in [0.4, 0.5) is 5.82 Å². The van der Waals surface area contributed by atoms with Gasteiger partial charge in [-0.15, -0.1) is 0 Å². The van der Waals surface area contributed by atoms with Crippen molar-refractivity contribution in [1.29, 1.82) is 5.26 Å². The van der Waals surface area contributed by atoms with Gasteiger partial charge in [0.25, 0.3) is 0 Å². The smallest absolute Gasteiger partial charge is 0.225 e. The fraction of sp³-hybridized carbons (Fsp3) is 0.143. The normalized spacial score (nSPS) is 10.8. The van der Waals surface area contributed by atoms with E-state index in [0.717, 1.165) is 5.69 Å². The molecule has 0 atom stereocenters. The van der Waals surface area contributed by atoms with Gasteiger partial charge in [0.1, 0.15) is 28.7 Å². The number of para-hydroxylation sites is 2. The Morgan fingerprint density at radius 3 is 2.43 bits per heavy atom. The molecule has 4 rings (SSSR count). The number of rotatable bonds is 4. The second kappa shape index (κ2) is 7.00. The Labute approximate surface area is 161 Å². The van der Waals surface area contributed by atoms with Gasteiger partial charge in [0.2, 0.25) is 5.91 Å². The number of ether oxygens (including phenoxy) is 1. The molecule has 0 unspecified atom stereocenters. The molecule has 138 valence electrons. The molecule has 0 spiro atoms. The summed E-state index contributed by atoms with van der Waals surface area (Å²) in [5, 5.41) is 12.7. The third-order valence-corrected chi connectivity index (χ3v) is 4.48. The molecule has 4 aromatic rings. The van der Waals surface area contributed by atoms with Crippen molar-refractivity contribution in [3.8, 4) is 17.5 Å². The van der Waals surface area contributed by atoms with Crippen molar-refractivity contribution < 1.29 is 9.53 Å². The first-order chi connectivity index (χ1) is 13.7. The molecule has 0 fully saturated rings. The van der Waals surface area contributed by atoms with E-state index in [1.54, 1.807) is 18.6 Å². The highest BCUT2D eigenvalue weighted by atomic mass is 16.5. The first kappa shape index (κ1) is 17.5. The maximum absolute atomic E-state index is 12.1. The van der Waals surface area contributed by atoms with Gasteiger partial charge in [0.05, 0.1) is 18.1 Å². The number of carbonyl (C=O) groups is 1. The topological polar surface area (TPSA) is 92.8 Å². The Morgan fingerprint density at radius 1 is 1.14 bits per heavy atom. The van der Waals surface area contributed by atoms with Crippen LogP contribution in [0.2, 0.25) is 0 Å². The van der Waals surface area contributed by atoms with Gasteiger partial charge in [-0.2, -0.15) is 5.26 Å². The molecule has 7 heteroatoms. The highest BCUT2D eigenvalue weighted by molar-refractivity contribution is 5.99. The summed E-state index contributed by atoms with van der Waals surface area (Å²) < 4.78 is 6.98. The fourth-order valence-electron chi connectivity index (χ4n) is 3.07. The Balaban J connectivity index is 2.08. The number of nitriles is 1. The number of anilines is 1. The van der Waals surface area contributed by atoms with Gasteiger partial charge in [-0.25, -0.2) is 9.97 Å². The van der Waals surface area contributed by atoms with Crippen LogP contribution < -0.4 is 10.1 Å². The number of benzene rings is 2. The third-order valence-electron chi connectivity index (χ3n) is 4.48. The zero-order valence-electron chi connectivity index (χ0n) is 15.4. The molecular weight excluding hydrogens is 354 g/mol. The lowest BCUT2D eigenvalue weighted by molar-refractivity contribution is -0.115. The van der Waals surface area contributed by atoms with E-state index < -0.39 is 0 Å². The molecule has 0 aliphatic carbocycles. The number of nitrogens with one attached hydrogen (secondary N) is 1. The van der Waals surface area contributed by atoms with Crippen LogP contribution in [0.1, 0.15) is 18.9 Å². The number of fused-ring (bicyclic) bond motifs is 2. The summed E-state index contributed by atoms with van der Waals surface area (Å²) in [5.74, 6) is 0.875. The van der Waals surface area contributed by atoms with Crippen LogP contribution >= 0.6 is 0 Å². The Bertz CT molecular complexity index is 1240. The van der Waals surface area contributed by atoms with E-state index >= 15 is 0 Å². The van der Waals surface area contributed by atoms with Crippen molar-refractivity contribution >= 4 is 33.9 Å². The van der Waals surface area contributed by atoms with Crippen molar-refractivity contribution in [2.24, 2.45) is 0 Å². The van der Waals surface area contributed by atoms with E-state index in [2.05, 4.69) is 16.4 Å². The molecule has 0 aliphatic heterocycles. The predicted octanol–water partition coefficient (Wildman–Crippen LogP) is 3.80. The monoisotopic (exact) mass is 371 g/mol. The van der Waals surface area contributed by atoms with Gasteiger partial charge in [0, 0.05) is 12.1 Å². The molecule has 0 saturated carbocycles. The van der Waals surface area contributed by atoms with Gasteiger partial charge in [0.15, 0.2) is 5.65 Å². The Hall–Kier alpha value is -3.92. The molecular formula is C21H17N5O2. The summed E-state index contributed by atoms with van der Waals surface area (Å²) in [5.41, 5.74) is 3.37. The molecule has 7 nitrogen and oxygen atoms in total. The fourth-order valence-corrected chi connectivity index (χ4v) is 3.07. The molecule has 0 radical (unpaired) electrons. The Kier molecular flexibility index (Phi) is 4.38. The average Bonchev–Trinajstić information content (AvgIpc) is 3.03. The van der Waals surface area contributed by atoms with E-state index in [1.165, 1.54) is 0 Å². The van der Waals surface area contributed by atoms with Crippen molar-refractivity contribution in [2.45, 2.75) is 13.3 Å². The first-order valence-corrected chi connectivity index (χ1v) is 8.81. The van der Waals surface area contributed by atoms with Crippen molar-refractivity contribution in [1.82, 2.24) is 14.5 Å². The summed E-state index contributed by atoms with van der Waals surface area (Å²) >= 11 is 0. The van der Waals surface area contributed by atoms with Crippen molar-refractivity contribution in [3.05, 3.63) is 54.1 Å². The van der Waals surface area contributed by atoms with E-state index in [4.69, 9.17) is 9.72 Å². The summed E-state index contributed by atoms with van der Waals surface area (Å²) in [6, 6.07) is 17.0. The minimum atomic E-state index is -0.196. The van der Waals surface area contributed by atoms with Crippen LogP contribution in [0.5, 0.6) is 5.75 Å². The van der Waals surface area contributed by atoms with E-state index in [1.807, 2.05) is 48.5 Å². The second-order valence-electron chi connectivity index (χ2n) is 6.16. The molecule has 0 bridgehead atoms. The van der Waals surface area contributed by atoms with Crippen LogP contribution in [0.15, 0.2) is 48.5 Å². The maximum Gasteiger partial charge on any atom is 0.225 e. The molecule has 1 N–H and O–H groups in total. The standard InChI is InChI=1S/C21H17N5O2/c1-3-18(27)25-20-15(12-22)19-21(24-17-7-5-4-6-16(17)23-19)26(20)13-8-10-14(28-2)11-9-13/h4-11H,3H2,1-2H3,(H,25,27). The van der Waals surface area contributed by atoms with Gasteiger partial charge in [-0.3, -0.25) is 9.36 Å². The minimum absolute atomic E-state index is 0.196.